The maximum Gasteiger partial charge on any atom is 0.166 e. The second-order valence-electron chi connectivity index (χ2n) is 6.03. The van der Waals surface area contributed by atoms with Gasteiger partial charge in [0.1, 0.15) is 0 Å². The number of hydrogen-bond donors (Lipinski definition) is 1. The number of benzene rings is 1. The van der Waals surface area contributed by atoms with Crippen molar-refractivity contribution in [3.63, 3.8) is 0 Å². The first-order chi connectivity index (χ1) is 9.34. The highest BCUT2D eigenvalue weighted by molar-refractivity contribution is 6.00. The molecule has 2 aliphatic carbocycles. The summed E-state index contributed by atoms with van der Waals surface area (Å²) in [6.07, 6.45) is 7.27. The molecule has 0 aliphatic heterocycles. The maximum atomic E-state index is 12.4. The lowest BCUT2D eigenvalue weighted by molar-refractivity contribution is 0.0894. The summed E-state index contributed by atoms with van der Waals surface area (Å²) in [4.78, 5) is 12.4. The van der Waals surface area contributed by atoms with E-state index in [-0.39, 0.29) is 18.3 Å². The van der Waals surface area contributed by atoms with Crippen molar-refractivity contribution in [3.8, 4) is 0 Å². The molecule has 0 heterocycles. The summed E-state index contributed by atoms with van der Waals surface area (Å²) >= 11 is 0. The van der Waals surface area contributed by atoms with Crippen LogP contribution in [-0.2, 0) is 6.42 Å². The average molecular weight is 294 g/mol. The Bertz CT molecular complexity index is 456. The Hall–Kier alpha value is -0.860. The van der Waals surface area contributed by atoms with Crippen molar-refractivity contribution in [3.05, 3.63) is 35.4 Å². The van der Waals surface area contributed by atoms with Crippen molar-refractivity contribution in [2.75, 3.05) is 13.1 Å². The first kappa shape index (κ1) is 15.5. The fourth-order valence-electron chi connectivity index (χ4n) is 3.05. The highest BCUT2D eigenvalue weighted by Gasteiger charge is 2.26. The predicted octanol–water partition coefficient (Wildman–Crippen LogP) is 3.63. The Kier molecular flexibility index (Phi) is 5.62. The number of carbonyl (C=O) groups excluding carboxylic acids is 1. The molecule has 3 heteroatoms. The van der Waals surface area contributed by atoms with E-state index in [1.807, 2.05) is 18.2 Å². The molecule has 2 aliphatic rings. The van der Waals surface area contributed by atoms with Gasteiger partial charge in [-0.05, 0) is 50.3 Å². The molecule has 1 fully saturated rings. The van der Waals surface area contributed by atoms with E-state index >= 15 is 0 Å². The first-order valence-corrected chi connectivity index (χ1v) is 7.67. The number of halogens is 1. The third-order valence-corrected chi connectivity index (χ3v) is 4.51. The minimum absolute atomic E-state index is 0. The molecule has 1 N–H and O–H groups in total. The molecule has 1 unspecified atom stereocenters. The summed E-state index contributed by atoms with van der Waals surface area (Å²) in [6.45, 7) is 2.12. The van der Waals surface area contributed by atoms with E-state index in [0.717, 1.165) is 43.8 Å². The summed E-state index contributed by atoms with van der Waals surface area (Å²) in [5.74, 6) is 1.60. The Morgan fingerprint density at radius 3 is 2.60 bits per heavy atom. The number of Topliss-reactive ketones (excluding diaryl/α,β-unsaturated/α-hetero) is 1. The molecule has 0 bridgehead atoms. The Labute approximate surface area is 127 Å². The molecule has 3 rings (SSSR count). The second-order valence-corrected chi connectivity index (χ2v) is 6.03. The number of ketones is 1. The minimum atomic E-state index is 0. The molecule has 2 nitrogen and oxygen atoms in total. The average Bonchev–Trinajstić information content (AvgIpc) is 3.25. The fraction of sp³-hybridized carbons (Fsp3) is 0.588. The summed E-state index contributed by atoms with van der Waals surface area (Å²) < 4.78 is 0. The molecular weight excluding hydrogens is 270 g/mol. The fourth-order valence-corrected chi connectivity index (χ4v) is 3.05. The van der Waals surface area contributed by atoms with Gasteiger partial charge in [0, 0.05) is 11.5 Å². The van der Waals surface area contributed by atoms with Gasteiger partial charge in [-0.1, -0.05) is 37.1 Å². The van der Waals surface area contributed by atoms with Gasteiger partial charge in [0.05, 0.1) is 0 Å². The zero-order chi connectivity index (χ0) is 13.1. The normalized spacial score (nSPS) is 21.2. The third-order valence-electron chi connectivity index (χ3n) is 4.51. The van der Waals surface area contributed by atoms with Gasteiger partial charge < -0.3 is 5.32 Å². The number of carbonyl (C=O) groups is 1. The van der Waals surface area contributed by atoms with Gasteiger partial charge in [-0.3, -0.25) is 4.79 Å². The van der Waals surface area contributed by atoms with Crippen molar-refractivity contribution in [1.29, 1.82) is 0 Å². The summed E-state index contributed by atoms with van der Waals surface area (Å²) in [6, 6.07) is 8.10. The molecule has 20 heavy (non-hydrogen) atoms. The van der Waals surface area contributed by atoms with E-state index in [1.165, 1.54) is 24.8 Å². The van der Waals surface area contributed by atoms with Gasteiger partial charge in [0.15, 0.2) is 5.78 Å². The molecule has 1 atom stereocenters. The standard InChI is InChI=1S/C17H23NO.ClH/c19-17-15(10-12-18-11-9-13-5-6-13)8-7-14-3-1-2-4-16(14)17;/h1-4,13,15,18H,5-12H2;1H. The summed E-state index contributed by atoms with van der Waals surface area (Å²) in [7, 11) is 0. The van der Waals surface area contributed by atoms with Crippen LogP contribution in [0.3, 0.4) is 0 Å². The van der Waals surface area contributed by atoms with Crippen molar-refractivity contribution in [2.24, 2.45) is 11.8 Å². The first-order valence-electron chi connectivity index (χ1n) is 7.67. The van der Waals surface area contributed by atoms with Crippen LogP contribution in [0, 0.1) is 11.8 Å². The van der Waals surface area contributed by atoms with Gasteiger partial charge in [-0.2, -0.15) is 0 Å². The van der Waals surface area contributed by atoms with Crippen LogP contribution in [0.2, 0.25) is 0 Å². The highest BCUT2D eigenvalue weighted by atomic mass is 35.5. The van der Waals surface area contributed by atoms with Gasteiger partial charge >= 0.3 is 0 Å². The molecule has 1 saturated carbocycles. The molecule has 1 aromatic carbocycles. The van der Waals surface area contributed by atoms with Crippen LogP contribution in [0.4, 0.5) is 0 Å². The number of fused-ring (bicyclic) bond motifs is 1. The van der Waals surface area contributed by atoms with Crippen molar-refractivity contribution >= 4 is 18.2 Å². The molecule has 0 amide bonds. The smallest absolute Gasteiger partial charge is 0.166 e. The Morgan fingerprint density at radius 2 is 1.80 bits per heavy atom. The SMILES string of the molecule is Cl.O=C1c2ccccc2CCC1CCNCCC1CC1. The van der Waals surface area contributed by atoms with Crippen LogP contribution in [0.5, 0.6) is 0 Å². The molecule has 0 saturated heterocycles. The predicted molar refractivity (Wildman–Crippen MR) is 84.7 cm³/mol. The van der Waals surface area contributed by atoms with Gasteiger partial charge in [0.25, 0.3) is 0 Å². The Balaban J connectivity index is 0.00000147. The molecule has 110 valence electrons. The van der Waals surface area contributed by atoms with Crippen LogP contribution in [0.1, 0.15) is 48.0 Å². The number of aryl methyl sites for hydroxylation is 1. The third kappa shape index (κ3) is 3.83. The largest absolute Gasteiger partial charge is 0.317 e. The summed E-state index contributed by atoms with van der Waals surface area (Å²) in [5, 5.41) is 3.50. The van der Waals surface area contributed by atoms with E-state index in [1.54, 1.807) is 0 Å². The van der Waals surface area contributed by atoms with Gasteiger partial charge in [-0.25, -0.2) is 0 Å². The molecule has 0 aromatic heterocycles. The molecular formula is C17H24ClNO. The van der Waals surface area contributed by atoms with Gasteiger partial charge in [0.2, 0.25) is 0 Å². The van der Waals surface area contributed by atoms with Gasteiger partial charge in [-0.15, -0.1) is 12.4 Å². The second kappa shape index (κ2) is 7.24. The van der Waals surface area contributed by atoms with E-state index < -0.39 is 0 Å². The molecule has 1 aromatic rings. The van der Waals surface area contributed by atoms with Crippen LogP contribution >= 0.6 is 12.4 Å². The monoisotopic (exact) mass is 293 g/mol. The van der Waals surface area contributed by atoms with E-state index in [4.69, 9.17) is 0 Å². The van der Waals surface area contributed by atoms with Crippen LogP contribution in [-0.4, -0.2) is 18.9 Å². The van der Waals surface area contributed by atoms with Crippen molar-refractivity contribution in [1.82, 2.24) is 5.32 Å². The van der Waals surface area contributed by atoms with Crippen molar-refractivity contribution in [2.45, 2.75) is 38.5 Å². The highest BCUT2D eigenvalue weighted by Crippen LogP contribution is 2.31. The maximum absolute atomic E-state index is 12.4. The van der Waals surface area contributed by atoms with Crippen LogP contribution in [0.15, 0.2) is 24.3 Å². The van der Waals surface area contributed by atoms with E-state index in [0.29, 0.717) is 5.78 Å². The number of rotatable bonds is 6. The lowest BCUT2D eigenvalue weighted by atomic mass is 9.81. The van der Waals surface area contributed by atoms with Crippen molar-refractivity contribution < 1.29 is 4.79 Å². The number of hydrogen-bond acceptors (Lipinski definition) is 2. The lowest BCUT2D eigenvalue weighted by Gasteiger charge is -2.23. The number of nitrogens with one attached hydrogen (secondary N) is 1. The summed E-state index contributed by atoms with van der Waals surface area (Å²) in [5.41, 5.74) is 2.21. The topological polar surface area (TPSA) is 29.1 Å². The van der Waals surface area contributed by atoms with Crippen LogP contribution in [0.25, 0.3) is 0 Å². The zero-order valence-corrected chi connectivity index (χ0v) is 12.8. The van der Waals surface area contributed by atoms with E-state index in [2.05, 4.69) is 11.4 Å². The van der Waals surface area contributed by atoms with E-state index in [9.17, 15) is 4.79 Å². The zero-order valence-electron chi connectivity index (χ0n) is 11.9. The quantitative estimate of drug-likeness (QED) is 0.812. The van der Waals surface area contributed by atoms with Crippen LogP contribution < -0.4 is 5.32 Å². The lowest BCUT2D eigenvalue weighted by Crippen LogP contribution is -2.27. The Morgan fingerprint density at radius 1 is 1.05 bits per heavy atom. The molecule has 0 radical (unpaired) electrons. The molecule has 0 spiro atoms. The minimum Gasteiger partial charge on any atom is -0.317 e.